The van der Waals surface area contributed by atoms with Crippen LogP contribution in [-0.4, -0.2) is 22.1 Å². The lowest BCUT2D eigenvalue weighted by molar-refractivity contribution is 0.0324. The largest absolute Gasteiger partial charge is 0.247 e. The molecule has 1 saturated heterocycles. The summed E-state index contributed by atoms with van der Waals surface area (Å²) in [6, 6.07) is 1.57. The molecule has 0 aliphatic carbocycles. The molecule has 120 valence electrons. The Morgan fingerprint density at radius 3 is 2.29 bits per heavy atom. The molecule has 1 fully saturated rings. The molecule has 1 aromatic heterocycles. The van der Waals surface area contributed by atoms with Crippen molar-refractivity contribution in [2.75, 3.05) is 0 Å². The van der Waals surface area contributed by atoms with E-state index in [0.717, 1.165) is 0 Å². The Bertz CT molecular complexity index is 465. The first-order valence-electron chi connectivity index (χ1n) is 8.22. The highest BCUT2D eigenvalue weighted by atomic mass is 32.1. The number of nitrogens with one attached hydrogen (secondary N) is 1. The van der Waals surface area contributed by atoms with Gasteiger partial charge in [0.05, 0.1) is 16.7 Å². The highest BCUT2D eigenvalue weighted by Crippen LogP contribution is 2.33. The standard InChI is InChI=1S/C17H31N3S/c1-11-9-8-10-12(2)20(11)19-14(4)15-13(3)18-16(21-15)17(5,6)7/h11-12,14,19H,8-10H2,1-7H3. The summed E-state index contributed by atoms with van der Waals surface area (Å²) in [4.78, 5) is 6.17. The first-order chi connectivity index (χ1) is 9.70. The molecule has 21 heavy (non-hydrogen) atoms. The average molecular weight is 310 g/mol. The van der Waals surface area contributed by atoms with Crippen molar-refractivity contribution in [1.29, 1.82) is 0 Å². The SMILES string of the molecule is Cc1nc(C(C)(C)C)sc1C(C)NN1C(C)CCCC1C. The van der Waals surface area contributed by atoms with Crippen LogP contribution in [-0.2, 0) is 5.41 Å². The minimum absolute atomic E-state index is 0.138. The zero-order chi connectivity index (χ0) is 15.8. The zero-order valence-electron chi connectivity index (χ0n) is 14.7. The fraction of sp³-hybridized carbons (Fsp3) is 0.824. The lowest BCUT2D eigenvalue weighted by Gasteiger charge is -2.40. The summed E-state index contributed by atoms with van der Waals surface area (Å²) in [6.45, 7) is 15.8. The van der Waals surface area contributed by atoms with E-state index >= 15 is 0 Å². The fourth-order valence-corrected chi connectivity index (χ4v) is 4.21. The number of hydrogen-bond donors (Lipinski definition) is 1. The van der Waals surface area contributed by atoms with Crippen molar-refractivity contribution in [3.63, 3.8) is 0 Å². The molecular weight excluding hydrogens is 278 g/mol. The van der Waals surface area contributed by atoms with Gasteiger partial charge in [0.25, 0.3) is 0 Å². The highest BCUT2D eigenvalue weighted by molar-refractivity contribution is 7.12. The van der Waals surface area contributed by atoms with Gasteiger partial charge in [0.1, 0.15) is 0 Å². The van der Waals surface area contributed by atoms with E-state index in [1.807, 2.05) is 11.3 Å². The van der Waals surface area contributed by atoms with Gasteiger partial charge in [-0.2, -0.15) is 0 Å². The Morgan fingerprint density at radius 2 is 1.81 bits per heavy atom. The number of hydrazine groups is 1. The molecule has 0 radical (unpaired) electrons. The maximum atomic E-state index is 4.79. The molecule has 1 aromatic rings. The summed E-state index contributed by atoms with van der Waals surface area (Å²) in [6.07, 6.45) is 3.93. The topological polar surface area (TPSA) is 28.2 Å². The van der Waals surface area contributed by atoms with Gasteiger partial charge in [0.15, 0.2) is 0 Å². The van der Waals surface area contributed by atoms with E-state index in [1.165, 1.54) is 34.8 Å². The minimum Gasteiger partial charge on any atom is -0.247 e. The molecule has 3 unspecified atom stereocenters. The first kappa shape index (κ1) is 16.9. The summed E-state index contributed by atoms with van der Waals surface area (Å²) in [5, 5.41) is 3.70. The molecule has 2 rings (SSSR count). The summed E-state index contributed by atoms with van der Waals surface area (Å²) in [5.74, 6) is 0. The van der Waals surface area contributed by atoms with Crippen LogP contribution in [0, 0.1) is 6.92 Å². The smallest absolute Gasteiger partial charge is 0.0985 e. The van der Waals surface area contributed by atoms with Crippen LogP contribution in [0.15, 0.2) is 0 Å². The Kier molecular flexibility index (Phi) is 5.11. The maximum absolute atomic E-state index is 4.79. The maximum Gasteiger partial charge on any atom is 0.0985 e. The third-order valence-electron chi connectivity index (χ3n) is 4.40. The van der Waals surface area contributed by atoms with Crippen molar-refractivity contribution < 1.29 is 0 Å². The van der Waals surface area contributed by atoms with Crippen LogP contribution in [0.2, 0.25) is 0 Å². The Balaban J connectivity index is 2.13. The molecule has 4 heteroatoms. The first-order valence-corrected chi connectivity index (χ1v) is 9.04. The van der Waals surface area contributed by atoms with E-state index in [9.17, 15) is 0 Å². The predicted molar refractivity (Wildman–Crippen MR) is 91.7 cm³/mol. The molecule has 0 amide bonds. The van der Waals surface area contributed by atoms with Crippen molar-refractivity contribution in [2.24, 2.45) is 0 Å². The molecule has 3 atom stereocenters. The van der Waals surface area contributed by atoms with Crippen molar-refractivity contribution in [2.45, 2.75) is 91.3 Å². The van der Waals surface area contributed by atoms with Crippen LogP contribution in [0.4, 0.5) is 0 Å². The summed E-state index contributed by atoms with van der Waals surface area (Å²) in [5.41, 5.74) is 5.06. The second-order valence-corrected chi connectivity index (χ2v) is 8.64. The van der Waals surface area contributed by atoms with E-state index in [2.05, 4.69) is 58.9 Å². The van der Waals surface area contributed by atoms with Gasteiger partial charge in [-0.25, -0.2) is 15.4 Å². The van der Waals surface area contributed by atoms with Crippen LogP contribution in [0.5, 0.6) is 0 Å². The second-order valence-electron chi connectivity index (χ2n) is 7.61. The lowest BCUT2D eigenvalue weighted by Crippen LogP contribution is -2.52. The lowest BCUT2D eigenvalue weighted by atomic mass is 9.98. The van der Waals surface area contributed by atoms with E-state index in [0.29, 0.717) is 18.1 Å². The normalized spacial score (nSPS) is 26.0. The monoisotopic (exact) mass is 309 g/mol. The molecule has 1 N–H and O–H groups in total. The van der Waals surface area contributed by atoms with Gasteiger partial charge in [-0.3, -0.25) is 0 Å². The minimum atomic E-state index is 0.138. The summed E-state index contributed by atoms with van der Waals surface area (Å²) in [7, 11) is 0. The Morgan fingerprint density at radius 1 is 1.24 bits per heavy atom. The van der Waals surface area contributed by atoms with Gasteiger partial charge in [0.2, 0.25) is 0 Å². The molecule has 0 aromatic carbocycles. The van der Waals surface area contributed by atoms with Crippen LogP contribution >= 0.6 is 11.3 Å². The second kappa shape index (κ2) is 6.35. The predicted octanol–water partition coefficient (Wildman–Crippen LogP) is 4.58. The van der Waals surface area contributed by atoms with Gasteiger partial charge in [-0.1, -0.05) is 27.2 Å². The van der Waals surface area contributed by atoms with Crippen LogP contribution in [0.3, 0.4) is 0 Å². The van der Waals surface area contributed by atoms with E-state index in [-0.39, 0.29) is 5.41 Å². The number of thiazole rings is 1. The quantitative estimate of drug-likeness (QED) is 0.886. The fourth-order valence-electron chi connectivity index (χ4n) is 3.09. The van der Waals surface area contributed by atoms with Gasteiger partial charge >= 0.3 is 0 Å². The molecule has 1 aliphatic heterocycles. The number of rotatable bonds is 3. The number of hydrogen-bond acceptors (Lipinski definition) is 4. The number of aromatic nitrogens is 1. The average Bonchev–Trinajstić information content (AvgIpc) is 2.76. The van der Waals surface area contributed by atoms with Crippen molar-refractivity contribution in [1.82, 2.24) is 15.4 Å². The highest BCUT2D eigenvalue weighted by Gasteiger charge is 2.28. The molecule has 0 bridgehead atoms. The number of aryl methyl sites for hydroxylation is 1. The number of piperidine rings is 1. The third kappa shape index (κ3) is 3.85. The van der Waals surface area contributed by atoms with E-state index in [4.69, 9.17) is 4.98 Å². The third-order valence-corrected chi connectivity index (χ3v) is 6.17. The molecule has 3 nitrogen and oxygen atoms in total. The van der Waals surface area contributed by atoms with Gasteiger partial charge in [-0.05, 0) is 40.5 Å². The van der Waals surface area contributed by atoms with E-state index < -0.39 is 0 Å². The van der Waals surface area contributed by atoms with Crippen molar-refractivity contribution in [3.8, 4) is 0 Å². The molecule has 1 aliphatic rings. The zero-order valence-corrected chi connectivity index (χ0v) is 15.5. The van der Waals surface area contributed by atoms with E-state index in [1.54, 1.807) is 0 Å². The van der Waals surface area contributed by atoms with Gasteiger partial charge < -0.3 is 0 Å². The van der Waals surface area contributed by atoms with Gasteiger partial charge in [-0.15, -0.1) is 11.3 Å². The summed E-state index contributed by atoms with van der Waals surface area (Å²) < 4.78 is 0. The molecule has 0 saturated carbocycles. The Labute approximate surface area is 134 Å². The Hall–Kier alpha value is -0.450. The van der Waals surface area contributed by atoms with Crippen LogP contribution in [0.1, 0.15) is 82.4 Å². The molecule has 0 spiro atoms. The number of nitrogens with zero attached hydrogens (tertiary/aromatic N) is 2. The van der Waals surface area contributed by atoms with Gasteiger partial charge in [0, 0.05) is 22.4 Å². The van der Waals surface area contributed by atoms with Crippen molar-refractivity contribution >= 4 is 11.3 Å². The molecular formula is C17H31N3S. The van der Waals surface area contributed by atoms with Crippen molar-refractivity contribution in [3.05, 3.63) is 15.6 Å². The molecule has 2 heterocycles. The van der Waals surface area contributed by atoms with Crippen LogP contribution in [0.25, 0.3) is 0 Å². The summed E-state index contributed by atoms with van der Waals surface area (Å²) >= 11 is 1.87. The van der Waals surface area contributed by atoms with Crippen LogP contribution < -0.4 is 5.43 Å².